The van der Waals surface area contributed by atoms with E-state index in [0.29, 0.717) is 34.2 Å². The second-order valence-electron chi connectivity index (χ2n) is 7.88. The van der Waals surface area contributed by atoms with Gasteiger partial charge in [-0.25, -0.2) is 9.18 Å². The Hall–Kier alpha value is -4.85. The number of fused-ring (bicyclic) bond motifs is 2. The van der Waals surface area contributed by atoms with Crippen LogP contribution in [0.4, 0.5) is 20.6 Å². The summed E-state index contributed by atoms with van der Waals surface area (Å²) in [6, 6.07) is 21.9. The van der Waals surface area contributed by atoms with Crippen molar-refractivity contribution < 1.29 is 23.4 Å². The van der Waals surface area contributed by atoms with Gasteiger partial charge in [0.1, 0.15) is 17.3 Å². The van der Waals surface area contributed by atoms with Crippen molar-refractivity contribution >= 4 is 39.1 Å². The van der Waals surface area contributed by atoms with Crippen LogP contribution in [0.2, 0.25) is 0 Å². The Balaban J connectivity index is 1.41. The molecule has 2 N–H and O–H groups in total. The number of hydrogen-bond acceptors (Lipinski definition) is 5. The molecular weight excluding hydrogens is 461 g/mol. The van der Waals surface area contributed by atoms with E-state index >= 15 is 0 Å². The number of para-hydroxylation sites is 1. The molecule has 1 aromatic heterocycles. The molecule has 5 rings (SSSR count). The fourth-order valence-electron chi connectivity index (χ4n) is 3.94. The van der Waals surface area contributed by atoms with E-state index in [1.54, 1.807) is 50.7 Å². The smallest absolute Gasteiger partial charge is 0.323 e. The van der Waals surface area contributed by atoms with E-state index in [2.05, 4.69) is 15.6 Å². The molecule has 2 amide bonds. The topological polar surface area (TPSA) is 81.7 Å². The van der Waals surface area contributed by atoms with Crippen LogP contribution in [0.15, 0.2) is 85.1 Å². The molecule has 0 saturated carbocycles. The third-order valence-electron chi connectivity index (χ3n) is 5.66. The standard InChI is InChI=1S/C28H22FN3O4/c1-34-26-15-20-24(16-27(26)35-2)30-13-12-25(20)36-18-10-11-19-17(14-18)6-5-9-22(19)31-28(33)32-23-8-4-3-7-21(23)29/h3-16H,1-2H3,(H2,31,32,33). The monoisotopic (exact) mass is 483 g/mol. The number of ether oxygens (including phenoxy) is 3. The number of nitrogens with zero attached hydrogens (tertiary/aromatic N) is 1. The Kier molecular flexibility index (Phi) is 6.23. The first-order chi connectivity index (χ1) is 17.6. The van der Waals surface area contributed by atoms with Crippen molar-refractivity contribution in [3.05, 3.63) is 90.9 Å². The fraction of sp³-hybridized carbons (Fsp3) is 0.0714. The molecule has 0 spiro atoms. The highest BCUT2D eigenvalue weighted by atomic mass is 19.1. The van der Waals surface area contributed by atoms with Gasteiger partial charge in [-0.3, -0.25) is 4.98 Å². The first kappa shape index (κ1) is 22.9. The van der Waals surface area contributed by atoms with Crippen LogP contribution in [0.3, 0.4) is 0 Å². The van der Waals surface area contributed by atoms with Crippen LogP contribution in [0.25, 0.3) is 21.7 Å². The van der Waals surface area contributed by atoms with E-state index < -0.39 is 11.8 Å². The third-order valence-corrected chi connectivity index (χ3v) is 5.66. The minimum atomic E-state index is -0.541. The van der Waals surface area contributed by atoms with Gasteiger partial charge in [-0.15, -0.1) is 0 Å². The summed E-state index contributed by atoms with van der Waals surface area (Å²) >= 11 is 0. The number of carbonyl (C=O) groups is 1. The molecule has 0 bridgehead atoms. The van der Waals surface area contributed by atoms with Crippen molar-refractivity contribution in [1.29, 1.82) is 0 Å². The van der Waals surface area contributed by atoms with Gasteiger partial charge in [-0.1, -0.05) is 24.3 Å². The molecule has 0 atom stereocenters. The van der Waals surface area contributed by atoms with E-state index in [9.17, 15) is 9.18 Å². The number of methoxy groups -OCH3 is 2. The Bertz CT molecular complexity index is 1590. The van der Waals surface area contributed by atoms with Crippen molar-refractivity contribution in [3.63, 3.8) is 0 Å². The number of halogens is 1. The lowest BCUT2D eigenvalue weighted by Gasteiger charge is -2.14. The first-order valence-corrected chi connectivity index (χ1v) is 11.1. The highest BCUT2D eigenvalue weighted by Crippen LogP contribution is 2.37. The van der Waals surface area contributed by atoms with Crippen molar-refractivity contribution in [1.82, 2.24) is 4.98 Å². The minimum absolute atomic E-state index is 0.102. The summed E-state index contributed by atoms with van der Waals surface area (Å²) in [5.74, 6) is 1.87. The Morgan fingerprint density at radius 3 is 2.33 bits per heavy atom. The second-order valence-corrected chi connectivity index (χ2v) is 7.88. The summed E-state index contributed by atoms with van der Waals surface area (Å²) in [4.78, 5) is 16.9. The molecule has 0 aliphatic rings. The van der Waals surface area contributed by atoms with Crippen molar-refractivity contribution in [2.45, 2.75) is 0 Å². The summed E-state index contributed by atoms with van der Waals surface area (Å²) in [6.07, 6.45) is 1.67. The molecule has 5 aromatic rings. The number of hydrogen-bond donors (Lipinski definition) is 2. The largest absolute Gasteiger partial charge is 0.493 e. The lowest BCUT2D eigenvalue weighted by atomic mass is 10.1. The Morgan fingerprint density at radius 2 is 1.53 bits per heavy atom. The SMILES string of the molecule is COc1cc2nccc(Oc3ccc4c(NC(=O)Nc5ccccc5F)cccc4c3)c2cc1OC. The fourth-order valence-corrected chi connectivity index (χ4v) is 3.94. The van der Waals surface area contributed by atoms with Crippen LogP contribution < -0.4 is 24.8 Å². The van der Waals surface area contributed by atoms with Gasteiger partial charge in [0.25, 0.3) is 0 Å². The maximum atomic E-state index is 13.9. The van der Waals surface area contributed by atoms with Crippen LogP contribution >= 0.6 is 0 Å². The van der Waals surface area contributed by atoms with Crippen molar-refractivity contribution in [2.24, 2.45) is 0 Å². The minimum Gasteiger partial charge on any atom is -0.493 e. The third kappa shape index (κ3) is 4.56. The number of pyridine rings is 1. The summed E-state index contributed by atoms with van der Waals surface area (Å²) in [6.45, 7) is 0. The Labute approximate surface area is 206 Å². The number of aromatic nitrogens is 1. The van der Waals surface area contributed by atoms with Gasteiger partial charge in [0.05, 0.1) is 31.1 Å². The van der Waals surface area contributed by atoms with E-state index in [1.807, 2.05) is 36.4 Å². The molecule has 0 radical (unpaired) electrons. The molecular formula is C28H22FN3O4. The van der Waals surface area contributed by atoms with Gasteiger partial charge in [-0.05, 0) is 53.9 Å². The number of carbonyl (C=O) groups excluding carboxylic acids is 1. The van der Waals surface area contributed by atoms with Crippen molar-refractivity contribution in [2.75, 3.05) is 24.9 Å². The number of nitrogens with one attached hydrogen (secondary N) is 2. The number of benzene rings is 4. The second kappa shape index (κ2) is 9.79. The summed E-state index contributed by atoms with van der Waals surface area (Å²) in [7, 11) is 3.15. The molecule has 8 heteroatoms. The predicted octanol–water partition coefficient (Wildman–Crippen LogP) is 6.98. The maximum absolute atomic E-state index is 13.9. The molecule has 180 valence electrons. The maximum Gasteiger partial charge on any atom is 0.323 e. The lowest BCUT2D eigenvalue weighted by molar-refractivity contribution is 0.262. The summed E-state index contributed by atoms with van der Waals surface area (Å²) < 4.78 is 30.9. The predicted molar refractivity (Wildman–Crippen MR) is 138 cm³/mol. The zero-order valence-corrected chi connectivity index (χ0v) is 19.5. The number of amides is 2. The van der Waals surface area contributed by atoms with E-state index in [0.717, 1.165) is 16.2 Å². The van der Waals surface area contributed by atoms with Gasteiger partial charge < -0.3 is 24.8 Å². The van der Waals surface area contributed by atoms with E-state index in [1.165, 1.54) is 12.1 Å². The van der Waals surface area contributed by atoms with E-state index in [4.69, 9.17) is 14.2 Å². The lowest BCUT2D eigenvalue weighted by Crippen LogP contribution is -2.20. The molecule has 7 nitrogen and oxygen atoms in total. The quantitative estimate of drug-likeness (QED) is 0.272. The first-order valence-electron chi connectivity index (χ1n) is 11.1. The van der Waals surface area contributed by atoms with Crippen LogP contribution in [0.1, 0.15) is 0 Å². The molecule has 4 aromatic carbocycles. The highest BCUT2D eigenvalue weighted by molar-refractivity contribution is 6.06. The summed E-state index contributed by atoms with van der Waals surface area (Å²) in [5.41, 5.74) is 1.39. The van der Waals surface area contributed by atoms with Gasteiger partial charge in [0, 0.05) is 23.0 Å². The van der Waals surface area contributed by atoms with Gasteiger partial charge >= 0.3 is 6.03 Å². The number of anilines is 2. The van der Waals surface area contributed by atoms with Crippen LogP contribution in [-0.4, -0.2) is 25.2 Å². The van der Waals surface area contributed by atoms with Gasteiger partial charge in [0.2, 0.25) is 0 Å². The summed E-state index contributed by atoms with van der Waals surface area (Å²) in [5, 5.41) is 7.75. The van der Waals surface area contributed by atoms with Crippen molar-refractivity contribution in [3.8, 4) is 23.0 Å². The van der Waals surface area contributed by atoms with Gasteiger partial charge in [-0.2, -0.15) is 0 Å². The average Bonchev–Trinajstić information content (AvgIpc) is 2.89. The number of rotatable bonds is 6. The zero-order chi connectivity index (χ0) is 25.1. The molecule has 0 unspecified atom stereocenters. The van der Waals surface area contributed by atoms with Crippen LogP contribution in [-0.2, 0) is 0 Å². The van der Waals surface area contributed by atoms with E-state index in [-0.39, 0.29) is 5.69 Å². The van der Waals surface area contributed by atoms with Crippen LogP contribution in [0, 0.1) is 5.82 Å². The van der Waals surface area contributed by atoms with Crippen LogP contribution in [0.5, 0.6) is 23.0 Å². The highest BCUT2D eigenvalue weighted by Gasteiger charge is 2.13. The number of urea groups is 1. The van der Waals surface area contributed by atoms with Gasteiger partial charge in [0.15, 0.2) is 11.5 Å². The zero-order valence-electron chi connectivity index (χ0n) is 19.5. The average molecular weight is 483 g/mol. The molecule has 36 heavy (non-hydrogen) atoms. The molecule has 0 saturated heterocycles. The Morgan fingerprint density at radius 1 is 0.778 bits per heavy atom. The normalized spacial score (nSPS) is 10.8. The molecule has 1 heterocycles. The molecule has 0 aliphatic carbocycles. The molecule has 0 fully saturated rings. The molecule has 0 aliphatic heterocycles.